The third-order valence-electron chi connectivity index (χ3n) is 3.67. The van der Waals surface area contributed by atoms with Crippen LogP contribution in [0.1, 0.15) is 27.6 Å². The third kappa shape index (κ3) is 3.27. The van der Waals surface area contributed by atoms with Gasteiger partial charge in [0.2, 0.25) is 0 Å². The molecule has 0 atom stereocenters. The summed E-state index contributed by atoms with van der Waals surface area (Å²) in [5.74, 6) is 0.944. The molecule has 0 bridgehead atoms. The normalized spacial score (nSPS) is 11.2. The van der Waals surface area contributed by atoms with Gasteiger partial charge in [0.1, 0.15) is 11.5 Å². The van der Waals surface area contributed by atoms with Crippen molar-refractivity contribution in [2.75, 3.05) is 7.11 Å². The fourth-order valence-corrected chi connectivity index (χ4v) is 2.47. The van der Waals surface area contributed by atoms with Crippen LogP contribution >= 0.6 is 0 Å². The summed E-state index contributed by atoms with van der Waals surface area (Å²) >= 11 is 0. The highest BCUT2D eigenvalue weighted by Crippen LogP contribution is 2.33. The highest BCUT2D eigenvalue weighted by atomic mass is 16.6. The maximum absolute atomic E-state index is 12.2. The van der Waals surface area contributed by atoms with Crippen LogP contribution in [0.25, 0.3) is 11.0 Å². The van der Waals surface area contributed by atoms with Crippen molar-refractivity contribution in [3.8, 4) is 5.75 Å². The fourth-order valence-electron chi connectivity index (χ4n) is 2.47. The van der Waals surface area contributed by atoms with E-state index in [1.165, 1.54) is 31.5 Å². The number of nitro benzene ring substituents is 1. The molecule has 3 aromatic rings. The van der Waals surface area contributed by atoms with E-state index < -0.39 is 10.8 Å². The summed E-state index contributed by atoms with van der Waals surface area (Å²) in [6.07, 6.45) is 1.46. The maximum Gasteiger partial charge on any atom is 0.307 e. The van der Waals surface area contributed by atoms with E-state index in [0.29, 0.717) is 11.1 Å². The number of hydrogen-bond acceptors (Lipinski definition) is 7. The zero-order chi connectivity index (χ0) is 18.8. The second-order valence-electron chi connectivity index (χ2n) is 5.50. The van der Waals surface area contributed by atoms with E-state index in [9.17, 15) is 14.9 Å². The molecule has 0 saturated carbocycles. The number of amides is 1. The lowest BCUT2D eigenvalue weighted by Crippen LogP contribution is -2.16. The Morgan fingerprint density at radius 1 is 1.27 bits per heavy atom. The summed E-state index contributed by atoms with van der Waals surface area (Å²) in [5.41, 5.74) is 3.16. The van der Waals surface area contributed by atoms with Crippen molar-refractivity contribution in [1.82, 2.24) is 5.43 Å². The van der Waals surface area contributed by atoms with E-state index in [-0.39, 0.29) is 22.8 Å². The molecule has 2 heterocycles. The Hall–Kier alpha value is -3.62. The lowest BCUT2D eigenvalue weighted by Gasteiger charge is -2.00. The number of rotatable bonds is 5. The summed E-state index contributed by atoms with van der Waals surface area (Å²) in [6, 6.07) is 5.72. The molecule has 3 rings (SSSR count). The van der Waals surface area contributed by atoms with Crippen LogP contribution in [-0.4, -0.2) is 24.2 Å². The van der Waals surface area contributed by atoms with E-state index in [1.54, 1.807) is 13.0 Å². The van der Waals surface area contributed by atoms with Gasteiger partial charge in [-0.25, -0.2) is 5.43 Å². The number of furan rings is 2. The molecule has 0 fully saturated rings. The van der Waals surface area contributed by atoms with Crippen molar-refractivity contribution in [2.24, 2.45) is 5.10 Å². The average Bonchev–Trinajstić information content (AvgIpc) is 3.16. The van der Waals surface area contributed by atoms with Crippen LogP contribution < -0.4 is 10.2 Å². The van der Waals surface area contributed by atoms with Crippen LogP contribution in [0.4, 0.5) is 5.69 Å². The first-order valence-electron chi connectivity index (χ1n) is 7.55. The molecule has 0 aliphatic carbocycles. The van der Waals surface area contributed by atoms with Gasteiger partial charge in [-0.1, -0.05) is 0 Å². The molecule has 1 aromatic carbocycles. The largest absolute Gasteiger partial charge is 0.493 e. The Bertz CT molecular complexity index is 1030. The molecule has 0 aliphatic heterocycles. The summed E-state index contributed by atoms with van der Waals surface area (Å²) < 4.78 is 15.9. The van der Waals surface area contributed by atoms with Crippen LogP contribution in [0.15, 0.2) is 38.2 Å². The molecule has 0 saturated heterocycles. The molecule has 134 valence electrons. The lowest BCUT2D eigenvalue weighted by molar-refractivity contribution is -0.384. The number of nitro groups is 1. The van der Waals surface area contributed by atoms with Crippen molar-refractivity contribution in [2.45, 2.75) is 13.8 Å². The summed E-state index contributed by atoms with van der Waals surface area (Å²) in [6.45, 7) is 3.60. The Balaban J connectivity index is 1.84. The minimum absolute atomic E-state index is 0.0453. The first kappa shape index (κ1) is 17.2. The average molecular weight is 357 g/mol. The molecule has 9 heteroatoms. The zero-order valence-corrected chi connectivity index (χ0v) is 14.2. The smallest absolute Gasteiger partial charge is 0.307 e. The standard InChI is InChI=1S/C17H15N3O6/c1-9-4-12(10(2)25-9)8-18-19-17(21)15-6-11-5-13(20(22)23)7-14(24-3)16(11)26-15/h4-8H,1-3H3,(H,19,21)/b18-8+. The number of aryl methyl sites for hydroxylation is 2. The molecule has 9 nitrogen and oxygen atoms in total. The van der Waals surface area contributed by atoms with E-state index in [4.69, 9.17) is 13.6 Å². The number of carbonyl (C=O) groups excluding carboxylic acids is 1. The van der Waals surface area contributed by atoms with Crippen LogP contribution in [0.3, 0.4) is 0 Å². The number of hydrogen-bond donors (Lipinski definition) is 1. The minimum Gasteiger partial charge on any atom is -0.493 e. The van der Waals surface area contributed by atoms with E-state index in [1.807, 2.05) is 6.92 Å². The molecule has 0 radical (unpaired) electrons. The van der Waals surface area contributed by atoms with E-state index in [0.717, 1.165) is 11.3 Å². The topological polar surface area (TPSA) is 120 Å². The molecule has 0 spiro atoms. The highest BCUT2D eigenvalue weighted by Gasteiger charge is 2.19. The Morgan fingerprint density at radius 2 is 2.04 bits per heavy atom. The van der Waals surface area contributed by atoms with Gasteiger partial charge in [-0.2, -0.15) is 5.10 Å². The quantitative estimate of drug-likeness (QED) is 0.425. The van der Waals surface area contributed by atoms with Gasteiger partial charge in [-0.05, 0) is 26.0 Å². The SMILES string of the molecule is COc1cc([N+](=O)[O-])cc2cc(C(=O)N/N=C/c3cc(C)oc3C)oc12. The van der Waals surface area contributed by atoms with Crippen molar-refractivity contribution < 1.29 is 23.3 Å². The molecule has 0 unspecified atom stereocenters. The molecular formula is C17H15N3O6. The van der Waals surface area contributed by atoms with Crippen LogP contribution in [0, 0.1) is 24.0 Å². The number of methoxy groups -OCH3 is 1. The number of benzene rings is 1. The predicted molar refractivity (Wildman–Crippen MR) is 92.7 cm³/mol. The van der Waals surface area contributed by atoms with Gasteiger partial charge in [-0.15, -0.1) is 0 Å². The number of carbonyl (C=O) groups is 1. The molecule has 2 aromatic heterocycles. The molecule has 26 heavy (non-hydrogen) atoms. The first-order valence-corrected chi connectivity index (χ1v) is 7.55. The fraction of sp³-hybridized carbons (Fsp3) is 0.176. The predicted octanol–water partition coefficient (Wildman–Crippen LogP) is 3.32. The number of ether oxygens (including phenoxy) is 1. The van der Waals surface area contributed by atoms with Crippen LogP contribution in [-0.2, 0) is 0 Å². The van der Waals surface area contributed by atoms with Gasteiger partial charge in [0.05, 0.1) is 24.3 Å². The Kier molecular flexibility index (Phi) is 4.44. The molecule has 1 amide bonds. The second kappa shape index (κ2) is 6.71. The monoisotopic (exact) mass is 357 g/mol. The van der Waals surface area contributed by atoms with Gasteiger partial charge in [-0.3, -0.25) is 14.9 Å². The molecule has 0 aliphatic rings. The van der Waals surface area contributed by atoms with E-state index >= 15 is 0 Å². The number of nitrogens with one attached hydrogen (secondary N) is 1. The lowest BCUT2D eigenvalue weighted by atomic mass is 10.2. The zero-order valence-electron chi connectivity index (χ0n) is 14.2. The third-order valence-corrected chi connectivity index (χ3v) is 3.67. The van der Waals surface area contributed by atoms with Crippen molar-refractivity contribution >= 4 is 28.8 Å². The van der Waals surface area contributed by atoms with Gasteiger partial charge in [0, 0.05) is 17.0 Å². The van der Waals surface area contributed by atoms with Gasteiger partial charge >= 0.3 is 5.91 Å². The summed E-state index contributed by atoms with van der Waals surface area (Å²) in [7, 11) is 1.36. The highest BCUT2D eigenvalue weighted by molar-refractivity contribution is 5.98. The van der Waals surface area contributed by atoms with E-state index in [2.05, 4.69) is 10.5 Å². The number of non-ortho nitro benzene ring substituents is 1. The second-order valence-corrected chi connectivity index (χ2v) is 5.50. The van der Waals surface area contributed by atoms with Gasteiger partial charge in [0.15, 0.2) is 17.1 Å². The minimum atomic E-state index is -0.597. The number of nitrogens with zero attached hydrogens (tertiary/aromatic N) is 2. The Morgan fingerprint density at radius 3 is 2.65 bits per heavy atom. The van der Waals surface area contributed by atoms with Crippen LogP contribution in [0.2, 0.25) is 0 Å². The number of fused-ring (bicyclic) bond motifs is 1. The first-order chi connectivity index (χ1) is 12.4. The van der Waals surface area contributed by atoms with Gasteiger partial charge < -0.3 is 13.6 Å². The van der Waals surface area contributed by atoms with Crippen molar-refractivity contribution in [3.63, 3.8) is 0 Å². The molecular weight excluding hydrogens is 342 g/mol. The number of hydrazone groups is 1. The Labute approximate surface area is 147 Å². The molecule has 1 N–H and O–H groups in total. The van der Waals surface area contributed by atoms with Crippen molar-refractivity contribution in [1.29, 1.82) is 0 Å². The van der Waals surface area contributed by atoms with Crippen molar-refractivity contribution in [3.05, 3.63) is 57.2 Å². The maximum atomic E-state index is 12.2. The van der Waals surface area contributed by atoms with Crippen LogP contribution in [0.5, 0.6) is 5.75 Å². The summed E-state index contributed by atoms with van der Waals surface area (Å²) in [5, 5.41) is 15.2. The summed E-state index contributed by atoms with van der Waals surface area (Å²) in [4.78, 5) is 22.6. The van der Waals surface area contributed by atoms with Gasteiger partial charge in [0.25, 0.3) is 5.69 Å².